The molecule has 0 amide bonds. The Labute approximate surface area is 103 Å². The SMILES string of the molecule is O=C(O)c1ccc(-c2sccc2Br)cc1F. The van der Waals surface area contributed by atoms with Crippen molar-refractivity contribution in [2.45, 2.75) is 0 Å². The zero-order valence-corrected chi connectivity index (χ0v) is 10.3. The third-order valence-electron chi connectivity index (χ3n) is 2.08. The standard InChI is InChI=1S/C11H6BrFO2S/c12-8-3-4-16-10(8)6-1-2-7(11(14)15)9(13)5-6/h1-5H,(H,14,15). The second-order valence-electron chi connectivity index (χ2n) is 3.10. The number of carbonyl (C=O) groups is 1. The maximum atomic E-state index is 13.4. The van der Waals surface area contributed by atoms with Crippen molar-refractivity contribution in [1.29, 1.82) is 0 Å². The van der Waals surface area contributed by atoms with Crippen LogP contribution in [-0.4, -0.2) is 11.1 Å². The van der Waals surface area contributed by atoms with Gasteiger partial charge in [0.25, 0.3) is 0 Å². The van der Waals surface area contributed by atoms with Crippen molar-refractivity contribution in [1.82, 2.24) is 0 Å². The van der Waals surface area contributed by atoms with Gasteiger partial charge >= 0.3 is 5.97 Å². The molecule has 5 heteroatoms. The van der Waals surface area contributed by atoms with E-state index in [9.17, 15) is 9.18 Å². The van der Waals surface area contributed by atoms with E-state index in [0.29, 0.717) is 5.56 Å². The van der Waals surface area contributed by atoms with Crippen molar-refractivity contribution in [3.05, 3.63) is 45.5 Å². The molecule has 2 aromatic rings. The molecule has 0 unspecified atom stereocenters. The minimum Gasteiger partial charge on any atom is -0.478 e. The first-order chi connectivity index (χ1) is 7.59. The number of halogens is 2. The zero-order chi connectivity index (χ0) is 11.7. The van der Waals surface area contributed by atoms with Crippen molar-refractivity contribution < 1.29 is 14.3 Å². The van der Waals surface area contributed by atoms with Crippen LogP contribution in [0.15, 0.2) is 34.1 Å². The molecular formula is C11H6BrFO2S. The first kappa shape index (κ1) is 11.3. The molecule has 0 aliphatic rings. The highest BCUT2D eigenvalue weighted by molar-refractivity contribution is 9.10. The Morgan fingerprint density at radius 3 is 2.62 bits per heavy atom. The van der Waals surface area contributed by atoms with Crippen LogP contribution in [0.5, 0.6) is 0 Å². The summed E-state index contributed by atoms with van der Waals surface area (Å²) < 4.78 is 14.3. The number of benzene rings is 1. The summed E-state index contributed by atoms with van der Waals surface area (Å²) in [5.41, 5.74) is 0.362. The van der Waals surface area contributed by atoms with E-state index in [4.69, 9.17) is 5.11 Å². The van der Waals surface area contributed by atoms with Crippen molar-refractivity contribution in [3.8, 4) is 10.4 Å². The van der Waals surface area contributed by atoms with E-state index in [0.717, 1.165) is 9.35 Å². The molecule has 1 N–H and O–H groups in total. The van der Waals surface area contributed by atoms with Crippen molar-refractivity contribution in [2.24, 2.45) is 0 Å². The van der Waals surface area contributed by atoms with Gasteiger partial charge in [0.2, 0.25) is 0 Å². The first-order valence-corrected chi connectivity index (χ1v) is 6.03. The van der Waals surface area contributed by atoms with Crippen LogP contribution in [0.3, 0.4) is 0 Å². The minimum atomic E-state index is -1.26. The highest BCUT2D eigenvalue weighted by Crippen LogP contribution is 2.34. The van der Waals surface area contributed by atoms with Gasteiger partial charge in [-0.2, -0.15) is 0 Å². The van der Waals surface area contributed by atoms with Crippen LogP contribution in [0, 0.1) is 5.82 Å². The fourth-order valence-electron chi connectivity index (χ4n) is 1.33. The van der Waals surface area contributed by atoms with Gasteiger partial charge in [-0.25, -0.2) is 9.18 Å². The molecule has 0 aliphatic heterocycles. The number of hydrogen-bond acceptors (Lipinski definition) is 2. The second-order valence-corrected chi connectivity index (χ2v) is 4.87. The molecule has 1 aromatic carbocycles. The Kier molecular flexibility index (Phi) is 3.07. The van der Waals surface area contributed by atoms with Gasteiger partial charge in [0.15, 0.2) is 0 Å². The highest BCUT2D eigenvalue weighted by Gasteiger charge is 2.12. The van der Waals surface area contributed by atoms with Gasteiger partial charge in [0, 0.05) is 9.35 Å². The summed E-state index contributed by atoms with van der Waals surface area (Å²) in [4.78, 5) is 11.5. The van der Waals surface area contributed by atoms with Gasteiger partial charge in [-0.3, -0.25) is 0 Å². The van der Waals surface area contributed by atoms with E-state index >= 15 is 0 Å². The van der Waals surface area contributed by atoms with Crippen molar-refractivity contribution in [2.75, 3.05) is 0 Å². The molecule has 0 radical (unpaired) electrons. The smallest absolute Gasteiger partial charge is 0.338 e. The average molecular weight is 301 g/mol. The van der Waals surface area contributed by atoms with Crippen LogP contribution in [0.25, 0.3) is 10.4 Å². The Morgan fingerprint density at radius 1 is 1.38 bits per heavy atom. The van der Waals surface area contributed by atoms with Crippen molar-refractivity contribution >= 4 is 33.2 Å². The summed E-state index contributed by atoms with van der Waals surface area (Å²) in [5, 5.41) is 10.6. The summed E-state index contributed by atoms with van der Waals surface area (Å²) >= 11 is 4.81. The van der Waals surface area contributed by atoms with E-state index in [1.165, 1.54) is 23.5 Å². The Bertz CT molecular complexity index is 551. The largest absolute Gasteiger partial charge is 0.478 e. The first-order valence-electron chi connectivity index (χ1n) is 4.36. The molecular weight excluding hydrogens is 295 g/mol. The van der Waals surface area contributed by atoms with E-state index in [1.54, 1.807) is 6.07 Å². The maximum absolute atomic E-state index is 13.4. The molecule has 0 bridgehead atoms. The fourth-order valence-corrected chi connectivity index (χ4v) is 2.93. The summed E-state index contributed by atoms with van der Waals surface area (Å²) in [6, 6.07) is 5.98. The molecule has 0 saturated carbocycles. The molecule has 1 aromatic heterocycles. The lowest BCUT2D eigenvalue weighted by Gasteiger charge is -2.02. The maximum Gasteiger partial charge on any atom is 0.338 e. The predicted octanol–water partition coefficient (Wildman–Crippen LogP) is 4.01. The van der Waals surface area contributed by atoms with E-state index in [2.05, 4.69) is 15.9 Å². The van der Waals surface area contributed by atoms with Gasteiger partial charge in [0.05, 0.1) is 5.56 Å². The van der Waals surface area contributed by atoms with Crippen LogP contribution in [0.1, 0.15) is 10.4 Å². The van der Waals surface area contributed by atoms with Gasteiger partial charge in [-0.15, -0.1) is 11.3 Å². The molecule has 2 nitrogen and oxygen atoms in total. The number of rotatable bonds is 2. The lowest BCUT2D eigenvalue weighted by molar-refractivity contribution is 0.0692. The van der Waals surface area contributed by atoms with Crippen molar-refractivity contribution in [3.63, 3.8) is 0 Å². The molecule has 0 spiro atoms. The van der Waals surface area contributed by atoms with Crippen LogP contribution in [0.4, 0.5) is 4.39 Å². The predicted molar refractivity (Wildman–Crippen MR) is 64.4 cm³/mol. The van der Waals surface area contributed by atoms with Gasteiger partial charge < -0.3 is 5.11 Å². The Balaban J connectivity index is 2.50. The number of hydrogen-bond donors (Lipinski definition) is 1. The summed E-state index contributed by atoms with van der Waals surface area (Å²) in [5.74, 6) is -1.97. The molecule has 16 heavy (non-hydrogen) atoms. The molecule has 0 aliphatic carbocycles. The van der Waals surface area contributed by atoms with Crippen LogP contribution < -0.4 is 0 Å². The minimum absolute atomic E-state index is 0.309. The van der Waals surface area contributed by atoms with Crippen LogP contribution in [-0.2, 0) is 0 Å². The van der Waals surface area contributed by atoms with E-state index in [1.807, 2.05) is 11.4 Å². The number of carboxylic acids is 1. The van der Waals surface area contributed by atoms with E-state index in [-0.39, 0.29) is 5.56 Å². The lowest BCUT2D eigenvalue weighted by atomic mass is 10.1. The Hall–Kier alpha value is -1.20. The number of carboxylic acid groups (broad SMARTS) is 1. The molecule has 0 saturated heterocycles. The topological polar surface area (TPSA) is 37.3 Å². The number of thiophene rings is 1. The van der Waals surface area contributed by atoms with Gasteiger partial charge in [0.1, 0.15) is 5.82 Å². The van der Waals surface area contributed by atoms with Crippen LogP contribution >= 0.6 is 27.3 Å². The fraction of sp³-hybridized carbons (Fsp3) is 0. The second kappa shape index (κ2) is 4.35. The van der Waals surface area contributed by atoms with Gasteiger partial charge in [-0.05, 0) is 45.1 Å². The molecule has 1 heterocycles. The highest BCUT2D eigenvalue weighted by atomic mass is 79.9. The van der Waals surface area contributed by atoms with Crippen LogP contribution in [0.2, 0.25) is 0 Å². The number of aromatic carboxylic acids is 1. The Morgan fingerprint density at radius 2 is 2.12 bits per heavy atom. The molecule has 82 valence electrons. The third-order valence-corrected chi connectivity index (χ3v) is 3.97. The summed E-state index contributed by atoms with van der Waals surface area (Å²) in [6.07, 6.45) is 0. The molecule has 2 rings (SSSR count). The molecule has 0 fully saturated rings. The monoisotopic (exact) mass is 300 g/mol. The zero-order valence-electron chi connectivity index (χ0n) is 7.91. The van der Waals surface area contributed by atoms with E-state index < -0.39 is 11.8 Å². The average Bonchev–Trinajstić information content (AvgIpc) is 2.63. The summed E-state index contributed by atoms with van der Waals surface area (Å²) in [7, 11) is 0. The van der Waals surface area contributed by atoms with Gasteiger partial charge in [-0.1, -0.05) is 6.07 Å². The lowest BCUT2D eigenvalue weighted by Crippen LogP contribution is -1.99. The normalized spacial score (nSPS) is 10.4. The molecule has 0 atom stereocenters. The quantitative estimate of drug-likeness (QED) is 0.910. The summed E-state index contributed by atoms with van der Waals surface area (Å²) in [6.45, 7) is 0. The third kappa shape index (κ3) is 2.01.